The summed E-state index contributed by atoms with van der Waals surface area (Å²) in [6, 6.07) is 6.06. The second-order valence-electron chi connectivity index (χ2n) is 6.00. The molecule has 6 nitrogen and oxygen atoms in total. The van der Waals surface area contributed by atoms with E-state index in [0.717, 1.165) is 26.9 Å². The summed E-state index contributed by atoms with van der Waals surface area (Å²) in [5.74, 6) is 0.931. The van der Waals surface area contributed by atoms with Gasteiger partial charge in [-0.2, -0.15) is 5.10 Å². The normalized spacial score (nSPS) is 14.3. The van der Waals surface area contributed by atoms with Crippen LogP contribution in [0, 0.1) is 0 Å². The number of halogens is 1. The highest BCUT2D eigenvalue weighted by Crippen LogP contribution is 2.21. The first-order chi connectivity index (χ1) is 10.9. The molecule has 0 radical (unpaired) electrons. The Hall–Kier alpha value is -1.70. The summed E-state index contributed by atoms with van der Waals surface area (Å²) in [6.07, 6.45) is 3.52. The molecule has 0 aliphatic rings. The van der Waals surface area contributed by atoms with Gasteiger partial charge in [-0.05, 0) is 25.1 Å². The van der Waals surface area contributed by atoms with Gasteiger partial charge in [-0.15, -0.1) is 0 Å². The van der Waals surface area contributed by atoms with Gasteiger partial charge >= 0.3 is 0 Å². The van der Waals surface area contributed by atoms with Crippen LogP contribution in [0.25, 0.3) is 11.0 Å². The molecule has 1 atom stereocenters. The van der Waals surface area contributed by atoms with Crippen molar-refractivity contribution in [1.29, 1.82) is 0 Å². The quantitative estimate of drug-likeness (QED) is 0.713. The van der Waals surface area contributed by atoms with E-state index < -0.39 is 5.60 Å². The average Bonchev–Trinajstić information content (AvgIpc) is 3.04. The van der Waals surface area contributed by atoms with E-state index >= 15 is 0 Å². The van der Waals surface area contributed by atoms with Crippen molar-refractivity contribution in [3.63, 3.8) is 0 Å². The highest BCUT2D eigenvalue weighted by molar-refractivity contribution is 9.10. The monoisotopic (exact) mass is 377 g/mol. The van der Waals surface area contributed by atoms with E-state index in [1.54, 1.807) is 17.8 Å². The van der Waals surface area contributed by atoms with Gasteiger partial charge in [0.1, 0.15) is 11.4 Å². The second-order valence-corrected chi connectivity index (χ2v) is 6.92. The maximum Gasteiger partial charge on any atom is 0.123 e. The van der Waals surface area contributed by atoms with Crippen molar-refractivity contribution < 1.29 is 5.11 Å². The fourth-order valence-corrected chi connectivity index (χ4v) is 2.95. The highest BCUT2D eigenvalue weighted by Gasteiger charge is 2.24. The minimum Gasteiger partial charge on any atom is -0.384 e. The Morgan fingerprint density at radius 1 is 1.35 bits per heavy atom. The van der Waals surface area contributed by atoms with Gasteiger partial charge in [-0.1, -0.05) is 15.9 Å². The van der Waals surface area contributed by atoms with Crippen LogP contribution >= 0.6 is 15.9 Å². The maximum atomic E-state index is 10.6. The van der Waals surface area contributed by atoms with Crippen LogP contribution < -0.4 is 5.32 Å². The standard InChI is InChI=1S/C16H20BrN5O/c1-16(23,11-7-19-21(2)9-11)10-18-8-15-20-13-6-12(17)4-5-14(13)22(15)3/h4-7,9,18,23H,8,10H2,1-3H3. The van der Waals surface area contributed by atoms with E-state index in [1.807, 2.05) is 38.5 Å². The van der Waals surface area contributed by atoms with Crippen LogP contribution in [-0.4, -0.2) is 31.0 Å². The smallest absolute Gasteiger partial charge is 0.123 e. The molecule has 7 heteroatoms. The van der Waals surface area contributed by atoms with Crippen molar-refractivity contribution >= 4 is 27.0 Å². The third kappa shape index (κ3) is 3.31. The number of benzene rings is 1. The molecule has 0 bridgehead atoms. The molecule has 1 aromatic carbocycles. The summed E-state index contributed by atoms with van der Waals surface area (Å²) in [6.45, 7) is 2.79. The number of nitrogens with zero attached hydrogens (tertiary/aromatic N) is 4. The van der Waals surface area contributed by atoms with Crippen LogP contribution in [0.1, 0.15) is 18.3 Å². The Labute approximate surface area is 143 Å². The van der Waals surface area contributed by atoms with Crippen LogP contribution in [0.5, 0.6) is 0 Å². The van der Waals surface area contributed by atoms with E-state index in [1.165, 1.54) is 0 Å². The average molecular weight is 378 g/mol. The lowest BCUT2D eigenvalue weighted by Gasteiger charge is -2.22. The van der Waals surface area contributed by atoms with Gasteiger partial charge < -0.3 is 15.0 Å². The predicted octanol–water partition coefficient (Wildman–Crippen LogP) is 2.07. The summed E-state index contributed by atoms with van der Waals surface area (Å²) in [7, 11) is 3.84. The van der Waals surface area contributed by atoms with E-state index in [0.29, 0.717) is 13.1 Å². The molecule has 0 aliphatic carbocycles. The molecular weight excluding hydrogens is 358 g/mol. The van der Waals surface area contributed by atoms with Gasteiger partial charge in [0.2, 0.25) is 0 Å². The Morgan fingerprint density at radius 2 is 2.13 bits per heavy atom. The molecule has 0 amide bonds. The van der Waals surface area contributed by atoms with Gasteiger partial charge in [0.25, 0.3) is 0 Å². The van der Waals surface area contributed by atoms with E-state index in [4.69, 9.17) is 0 Å². The molecule has 2 aromatic heterocycles. The molecule has 0 spiro atoms. The number of imidazole rings is 1. The number of aryl methyl sites for hydroxylation is 2. The number of nitrogens with one attached hydrogen (secondary N) is 1. The minimum absolute atomic E-state index is 0.422. The van der Waals surface area contributed by atoms with Crippen molar-refractivity contribution in [1.82, 2.24) is 24.6 Å². The predicted molar refractivity (Wildman–Crippen MR) is 92.9 cm³/mol. The highest BCUT2D eigenvalue weighted by atomic mass is 79.9. The molecule has 2 N–H and O–H groups in total. The van der Waals surface area contributed by atoms with Crippen LogP contribution in [0.15, 0.2) is 35.1 Å². The summed E-state index contributed by atoms with van der Waals surface area (Å²) in [5, 5.41) is 18.0. The van der Waals surface area contributed by atoms with Gasteiger partial charge in [-0.25, -0.2) is 4.98 Å². The molecule has 1 unspecified atom stereocenters. The fraction of sp³-hybridized carbons (Fsp3) is 0.375. The number of aromatic nitrogens is 4. The fourth-order valence-electron chi connectivity index (χ4n) is 2.60. The summed E-state index contributed by atoms with van der Waals surface area (Å²) < 4.78 is 4.77. The summed E-state index contributed by atoms with van der Waals surface area (Å²) >= 11 is 3.47. The van der Waals surface area contributed by atoms with Crippen LogP contribution in [0.4, 0.5) is 0 Å². The molecule has 0 fully saturated rings. The molecule has 122 valence electrons. The Morgan fingerprint density at radius 3 is 2.83 bits per heavy atom. The molecular formula is C16H20BrN5O. The zero-order valence-electron chi connectivity index (χ0n) is 13.4. The van der Waals surface area contributed by atoms with Crippen molar-refractivity contribution in [3.8, 4) is 0 Å². The first-order valence-corrected chi connectivity index (χ1v) is 8.19. The third-order valence-corrected chi connectivity index (χ3v) is 4.51. The van der Waals surface area contributed by atoms with Crippen LogP contribution in [0.3, 0.4) is 0 Å². The zero-order chi connectivity index (χ0) is 16.6. The largest absolute Gasteiger partial charge is 0.384 e. The lowest BCUT2D eigenvalue weighted by atomic mass is 10.00. The molecule has 2 heterocycles. The molecule has 23 heavy (non-hydrogen) atoms. The minimum atomic E-state index is -0.970. The van der Waals surface area contributed by atoms with Crippen molar-refractivity contribution in [2.24, 2.45) is 14.1 Å². The summed E-state index contributed by atoms with van der Waals surface area (Å²) in [5.41, 5.74) is 1.87. The number of fused-ring (bicyclic) bond motifs is 1. The first-order valence-electron chi connectivity index (χ1n) is 7.40. The lowest BCUT2D eigenvalue weighted by molar-refractivity contribution is 0.0564. The SMILES string of the molecule is Cn1cc(C(C)(O)CNCc2nc3cc(Br)ccc3n2C)cn1. The van der Waals surface area contributed by atoms with Gasteiger partial charge in [0.05, 0.1) is 23.8 Å². The molecule has 3 aromatic rings. The molecule has 3 rings (SSSR count). The van der Waals surface area contributed by atoms with Gasteiger partial charge in [0.15, 0.2) is 0 Å². The van der Waals surface area contributed by atoms with Crippen molar-refractivity contribution in [2.75, 3.05) is 6.54 Å². The van der Waals surface area contributed by atoms with E-state index in [-0.39, 0.29) is 0 Å². The van der Waals surface area contributed by atoms with Crippen LogP contribution in [0.2, 0.25) is 0 Å². The van der Waals surface area contributed by atoms with Crippen molar-refractivity contribution in [3.05, 3.63) is 46.5 Å². The molecule has 0 aliphatic heterocycles. The Bertz CT molecular complexity index is 836. The zero-order valence-corrected chi connectivity index (χ0v) is 15.0. The number of rotatable bonds is 5. The van der Waals surface area contributed by atoms with E-state index in [9.17, 15) is 5.11 Å². The van der Waals surface area contributed by atoms with Crippen LogP contribution in [-0.2, 0) is 26.2 Å². The molecule has 0 saturated heterocycles. The second kappa shape index (κ2) is 6.07. The Kier molecular flexibility index (Phi) is 4.27. The summed E-state index contributed by atoms with van der Waals surface area (Å²) in [4.78, 5) is 4.64. The third-order valence-electron chi connectivity index (χ3n) is 4.01. The lowest BCUT2D eigenvalue weighted by Crippen LogP contribution is -2.35. The molecule has 0 saturated carbocycles. The maximum absolute atomic E-state index is 10.6. The number of aliphatic hydroxyl groups is 1. The van der Waals surface area contributed by atoms with Gasteiger partial charge in [-0.3, -0.25) is 4.68 Å². The topological polar surface area (TPSA) is 67.9 Å². The van der Waals surface area contributed by atoms with Gasteiger partial charge in [0, 0.05) is 36.9 Å². The Balaban J connectivity index is 1.70. The van der Waals surface area contributed by atoms with Crippen molar-refractivity contribution in [2.45, 2.75) is 19.1 Å². The first kappa shape index (κ1) is 16.2. The van der Waals surface area contributed by atoms with E-state index in [2.05, 4.69) is 35.9 Å². The number of hydrogen-bond acceptors (Lipinski definition) is 4. The number of hydrogen-bond donors (Lipinski definition) is 2.